The molecule has 0 bridgehead atoms. The standard InChI is InChI=1S/C15H18N2OS/c1-16-15(11-8-12(18-2)10-17-9-11)13-6-4-5-7-14(13)19-3/h4-10,15-16H,1-3H3. The second-order valence-electron chi connectivity index (χ2n) is 4.12. The molecule has 3 nitrogen and oxygen atoms in total. The van der Waals surface area contributed by atoms with E-state index in [1.165, 1.54) is 10.5 Å². The molecule has 0 radical (unpaired) electrons. The highest BCUT2D eigenvalue weighted by Crippen LogP contribution is 2.30. The van der Waals surface area contributed by atoms with Crippen LogP contribution in [-0.4, -0.2) is 25.4 Å². The van der Waals surface area contributed by atoms with Crippen LogP contribution >= 0.6 is 11.8 Å². The number of benzene rings is 1. The lowest BCUT2D eigenvalue weighted by molar-refractivity contribution is 0.411. The first-order valence-electron chi connectivity index (χ1n) is 6.09. The molecule has 2 rings (SSSR count). The molecule has 1 aromatic carbocycles. The fourth-order valence-corrected chi connectivity index (χ4v) is 2.75. The van der Waals surface area contributed by atoms with E-state index in [2.05, 4.69) is 40.8 Å². The molecule has 1 N–H and O–H groups in total. The van der Waals surface area contributed by atoms with Gasteiger partial charge in [-0.3, -0.25) is 4.98 Å². The van der Waals surface area contributed by atoms with Gasteiger partial charge in [0.1, 0.15) is 5.75 Å². The molecule has 4 heteroatoms. The van der Waals surface area contributed by atoms with E-state index in [4.69, 9.17) is 4.74 Å². The third kappa shape index (κ3) is 3.08. The summed E-state index contributed by atoms with van der Waals surface area (Å²) in [5.41, 5.74) is 2.36. The van der Waals surface area contributed by atoms with E-state index in [-0.39, 0.29) is 6.04 Å². The molecule has 19 heavy (non-hydrogen) atoms. The lowest BCUT2D eigenvalue weighted by atomic mass is 10.0. The monoisotopic (exact) mass is 274 g/mol. The van der Waals surface area contributed by atoms with Gasteiger partial charge in [0.2, 0.25) is 0 Å². The second-order valence-corrected chi connectivity index (χ2v) is 4.97. The molecule has 1 atom stereocenters. The van der Waals surface area contributed by atoms with E-state index in [1.807, 2.05) is 19.3 Å². The molecular formula is C15H18N2OS. The maximum Gasteiger partial charge on any atom is 0.137 e. The van der Waals surface area contributed by atoms with E-state index < -0.39 is 0 Å². The van der Waals surface area contributed by atoms with Crippen LogP contribution in [0.2, 0.25) is 0 Å². The summed E-state index contributed by atoms with van der Waals surface area (Å²) in [6.07, 6.45) is 5.69. The maximum absolute atomic E-state index is 5.25. The molecule has 0 spiro atoms. The van der Waals surface area contributed by atoms with Crippen LogP contribution in [0.5, 0.6) is 5.75 Å². The summed E-state index contributed by atoms with van der Waals surface area (Å²) in [4.78, 5) is 5.50. The lowest BCUT2D eigenvalue weighted by Gasteiger charge is -2.20. The Morgan fingerprint density at radius 1 is 1.26 bits per heavy atom. The summed E-state index contributed by atoms with van der Waals surface area (Å²) in [6.45, 7) is 0. The van der Waals surface area contributed by atoms with Crippen molar-refractivity contribution in [3.05, 3.63) is 53.9 Å². The zero-order chi connectivity index (χ0) is 13.7. The molecule has 0 aliphatic rings. The molecule has 100 valence electrons. The van der Waals surface area contributed by atoms with Crippen molar-refractivity contribution in [2.45, 2.75) is 10.9 Å². The van der Waals surface area contributed by atoms with Gasteiger partial charge in [0.25, 0.3) is 0 Å². The number of pyridine rings is 1. The lowest BCUT2D eigenvalue weighted by Crippen LogP contribution is -2.18. The van der Waals surface area contributed by atoms with E-state index >= 15 is 0 Å². The SMILES string of the molecule is CNC(c1cncc(OC)c1)c1ccccc1SC. The molecule has 0 saturated carbocycles. The van der Waals surface area contributed by atoms with Crippen LogP contribution in [0.25, 0.3) is 0 Å². The molecule has 1 heterocycles. The number of rotatable bonds is 5. The summed E-state index contributed by atoms with van der Waals surface area (Å²) in [6, 6.07) is 10.5. The summed E-state index contributed by atoms with van der Waals surface area (Å²) in [5.74, 6) is 0.777. The molecule has 1 unspecified atom stereocenters. The van der Waals surface area contributed by atoms with Crippen LogP contribution in [0.15, 0.2) is 47.6 Å². The first-order chi connectivity index (χ1) is 9.30. The Morgan fingerprint density at radius 3 is 2.74 bits per heavy atom. The van der Waals surface area contributed by atoms with Crippen molar-refractivity contribution in [2.24, 2.45) is 0 Å². The quantitative estimate of drug-likeness (QED) is 0.850. The first-order valence-corrected chi connectivity index (χ1v) is 7.31. The van der Waals surface area contributed by atoms with Gasteiger partial charge in [-0.15, -0.1) is 11.8 Å². The van der Waals surface area contributed by atoms with Gasteiger partial charge in [0.05, 0.1) is 19.3 Å². The average molecular weight is 274 g/mol. The van der Waals surface area contributed by atoms with Crippen molar-refractivity contribution in [1.82, 2.24) is 10.3 Å². The van der Waals surface area contributed by atoms with Crippen LogP contribution in [-0.2, 0) is 0 Å². The highest BCUT2D eigenvalue weighted by atomic mass is 32.2. The Kier molecular flexibility index (Phi) is 4.82. The Hall–Kier alpha value is -1.52. The third-order valence-corrected chi connectivity index (χ3v) is 3.85. The van der Waals surface area contributed by atoms with Gasteiger partial charge in [-0.1, -0.05) is 18.2 Å². The topological polar surface area (TPSA) is 34.2 Å². The van der Waals surface area contributed by atoms with Crippen molar-refractivity contribution in [3.63, 3.8) is 0 Å². The number of nitrogens with zero attached hydrogens (tertiary/aromatic N) is 1. The van der Waals surface area contributed by atoms with Crippen molar-refractivity contribution >= 4 is 11.8 Å². The van der Waals surface area contributed by atoms with Crippen LogP contribution in [0.4, 0.5) is 0 Å². The Morgan fingerprint density at radius 2 is 2.05 bits per heavy atom. The number of aromatic nitrogens is 1. The average Bonchev–Trinajstić information content (AvgIpc) is 2.49. The van der Waals surface area contributed by atoms with Crippen LogP contribution in [0.3, 0.4) is 0 Å². The van der Waals surface area contributed by atoms with Crippen LogP contribution < -0.4 is 10.1 Å². The molecule has 0 aliphatic carbocycles. The molecule has 2 aromatic rings. The van der Waals surface area contributed by atoms with Gasteiger partial charge in [0, 0.05) is 11.1 Å². The predicted molar refractivity (Wildman–Crippen MR) is 79.9 cm³/mol. The van der Waals surface area contributed by atoms with Crippen molar-refractivity contribution < 1.29 is 4.74 Å². The summed E-state index contributed by atoms with van der Waals surface area (Å²) in [7, 11) is 3.62. The summed E-state index contributed by atoms with van der Waals surface area (Å²) < 4.78 is 5.25. The minimum atomic E-state index is 0.117. The number of nitrogens with one attached hydrogen (secondary N) is 1. The fourth-order valence-electron chi connectivity index (χ4n) is 2.11. The second kappa shape index (κ2) is 6.59. The van der Waals surface area contributed by atoms with E-state index in [0.717, 1.165) is 11.3 Å². The van der Waals surface area contributed by atoms with E-state index in [1.54, 1.807) is 25.1 Å². The smallest absolute Gasteiger partial charge is 0.137 e. The maximum atomic E-state index is 5.25. The number of hydrogen-bond donors (Lipinski definition) is 1. The minimum absolute atomic E-state index is 0.117. The fraction of sp³-hybridized carbons (Fsp3) is 0.267. The molecule has 0 fully saturated rings. The van der Waals surface area contributed by atoms with Gasteiger partial charge in [0.15, 0.2) is 0 Å². The zero-order valence-electron chi connectivity index (χ0n) is 11.4. The van der Waals surface area contributed by atoms with Gasteiger partial charge < -0.3 is 10.1 Å². The summed E-state index contributed by atoms with van der Waals surface area (Å²) in [5, 5.41) is 3.35. The van der Waals surface area contributed by atoms with Gasteiger partial charge in [-0.25, -0.2) is 0 Å². The van der Waals surface area contributed by atoms with Crippen LogP contribution in [0, 0.1) is 0 Å². The summed E-state index contributed by atoms with van der Waals surface area (Å²) >= 11 is 1.75. The third-order valence-electron chi connectivity index (χ3n) is 3.04. The van der Waals surface area contributed by atoms with Crippen LogP contribution in [0.1, 0.15) is 17.2 Å². The largest absolute Gasteiger partial charge is 0.495 e. The number of methoxy groups -OCH3 is 1. The highest BCUT2D eigenvalue weighted by molar-refractivity contribution is 7.98. The Labute approximate surface area is 118 Å². The van der Waals surface area contributed by atoms with Gasteiger partial charge in [-0.2, -0.15) is 0 Å². The molecule has 0 amide bonds. The normalized spacial score (nSPS) is 12.2. The molecule has 0 saturated heterocycles. The van der Waals surface area contributed by atoms with E-state index in [0.29, 0.717) is 0 Å². The minimum Gasteiger partial charge on any atom is -0.495 e. The predicted octanol–water partition coefficient (Wildman–Crippen LogP) is 3.12. The van der Waals surface area contributed by atoms with Gasteiger partial charge >= 0.3 is 0 Å². The molecule has 1 aromatic heterocycles. The number of ether oxygens (including phenoxy) is 1. The number of hydrogen-bond acceptors (Lipinski definition) is 4. The first kappa shape index (κ1) is 13.9. The Balaban J connectivity index is 2.43. The van der Waals surface area contributed by atoms with Crippen molar-refractivity contribution in [3.8, 4) is 5.75 Å². The van der Waals surface area contributed by atoms with Gasteiger partial charge in [-0.05, 0) is 36.6 Å². The van der Waals surface area contributed by atoms with E-state index in [9.17, 15) is 0 Å². The zero-order valence-corrected chi connectivity index (χ0v) is 12.2. The highest BCUT2D eigenvalue weighted by Gasteiger charge is 2.16. The molecular weight excluding hydrogens is 256 g/mol. The van der Waals surface area contributed by atoms with Crippen molar-refractivity contribution in [1.29, 1.82) is 0 Å². The Bertz CT molecular complexity index is 545. The van der Waals surface area contributed by atoms with Crippen molar-refractivity contribution in [2.75, 3.05) is 20.4 Å². The number of thioether (sulfide) groups is 1. The molecule has 0 aliphatic heterocycles.